The standard InChI is InChI=1S/C16H25N3O2/c1-12-6-7-13(10-17-12)18-11-16(8-9-16)19(5)14(20)21-15(2,3)4/h6-7,10,18H,8-9,11H2,1-5H3. The predicted octanol–water partition coefficient (Wildman–Crippen LogP) is 3.20. The van der Waals surface area contributed by atoms with E-state index in [0.29, 0.717) is 6.54 Å². The molecule has 0 radical (unpaired) electrons. The van der Waals surface area contributed by atoms with E-state index in [9.17, 15) is 4.79 Å². The number of nitrogens with zero attached hydrogens (tertiary/aromatic N) is 2. The fourth-order valence-electron chi connectivity index (χ4n) is 2.14. The van der Waals surface area contributed by atoms with Crippen molar-refractivity contribution in [1.29, 1.82) is 0 Å². The summed E-state index contributed by atoms with van der Waals surface area (Å²) in [7, 11) is 1.82. The van der Waals surface area contributed by atoms with Crippen LogP contribution in [-0.4, -0.2) is 40.7 Å². The molecule has 1 saturated carbocycles. The molecule has 0 atom stereocenters. The zero-order valence-electron chi connectivity index (χ0n) is 13.6. The average Bonchev–Trinajstić information content (AvgIpc) is 3.16. The van der Waals surface area contributed by atoms with Gasteiger partial charge in [-0.15, -0.1) is 0 Å². The first-order valence-electron chi connectivity index (χ1n) is 7.35. The van der Waals surface area contributed by atoms with E-state index in [2.05, 4.69) is 10.3 Å². The van der Waals surface area contributed by atoms with E-state index in [-0.39, 0.29) is 11.6 Å². The van der Waals surface area contributed by atoms with Crippen molar-refractivity contribution >= 4 is 11.8 Å². The number of carbonyl (C=O) groups excluding carboxylic acids is 1. The molecule has 1 heterocycles. The Balaban J connectivity index is 1.93. The molecule has 21 heavy (non-hydrogen) atoms. The second-order valence-corrected chi connectivity index (χ2v) is 6.81. The number of carbonyl (C=O) groups is 1. The first-order chi connectivity index (χ1) is 9.72. The van der Waals surface area contributed by atoms with Crippen molar-refractivity contribution in [2.45, 2.75) is 51.7 Å². The Kier molecular flexibility index (Phi) is 4.12. The molecule has 1 aromatic heterocycles. The highest BCUT2D eigenvalue weighted by molar-refractivity contribution is 5.69. The van der Waals surface area contributed by atoms with Crippen LogP contribution in [0.15, 0.2) is 18.3 Å². The van der Waals surface area contributed by atoms with Crippen molar-refractivity contribution in [3.05, 3.63) is 24.0 Å². The molecule has 1 aromatic rings. The molecule has 5 nitrogen and oxygen atoms in total. The van der Waals surface area contributed by atoms with Crippen LogP contribution in [0.3, 0.4) is 0 Å². The zero-order chi connectivity index (χ0) is 15.7. The monoisotopic (exact) mass is 291 g/mol. The molecule has 1 N–H and O–H groups in total. The van der Waals surface area contributed by atoms with Crippen molar-refractivity contribution in [3.63, 3.8) is 0 Å². The number of rotatable bonds is 4. The van der Waals surface area contributed by atoms with E-state index >= 15 is 0 Å². The van der Waals surface area contributed by atoms with Crippen molar-refractivity contribution in [2.75, 3.05) is 18.9 Å². The number of likely N-dealkylation sites (N-methyl/N-ethyl adjacent to an activating group) is 1. The lowest BCUT2D eigenvalue weighted by molar-refractivity contribution is 0.0206. The summed E-state index contributed by atoms with van der Waals surface area (Å²) in [5, 5.41) is 3.36. The topological polar surface area (TPSA) is 54.5 Å². The normalized spacial score (nSPS) is 16.2. The Morgan fingerprint density at radius 2 is 2.10 bits per heavy atom. The van der Waals surface area contributed by atoms with Crippen LogP contribution in [0.25, 0.3) is 0 Å². The smallest absolute Gasteiger partial charge is 0.410 e. The molecule has 1 aliphatic carbocycles. The van der Waals surface area contributed by atoms with E-state index in [1.54, 1.807) is 4.90 Å². The van der Waals surface area contributed by atoms with Gasteiger partial charge in [-0.1, -0.05) is 0 Å². The SMILES string of the molecule is Cc1ccc(NCC2(N(C)C(=O)OC(C)(C)C)CC2)cn1. The van der Waals surface area contributed by atoms with Gasteiger partial charge in [0.1, 0.15) is 5.60 Å². The molecule has 1 amide bonds. The molecule has 1 aliphatic rings. The molecular weight excluding hydrogens is 266 g/mol. The molecule has 2 rings (SSSR count). The Bertz CT molecular complexity index is 501. The molecule has 1 fully saturated rings. The van der Waals surface area contributed by atoms with Gasteiger partial charge < -0.3 is 15.0 Å². The minimum atomic E-state index is -0.463. The molecule has 0 saturated heterocycles. The van der Waals surface area contributed by atoms with Gasteiger partial charge in [0.2, 0.25) is 0 Å². The summed E-state index contributed by atoms with van der Waals surface area (Å²) in [4.78, 5) is 18.2. The number of aryl methyl sites for hydroxylation is 1. The maximum atomic E-state index is 12.2. The fourth-order valence-corrected chi connectivity index (χ4v) is 2.14. The number of anilines is 1. The minimum absolute atomic E-state index is 0.132. The molecule has 0 spiro atoms. The molecular formula is C16H25N3O2. The Labute approximate surface area is 126 Å². The maximum absolute atomic E-state index is 12.2. The Morgan fingerprint density at radius 3 is 2.57 bits per heavy atom. The molecule has 0 bridgehead atoms. The molecule has 5 heteroatoms. The van der Waals surface area contributed by atoms with Crippen LogP contribution in [0.1, 0.15) is 39.3 Å². The number of nitrogens with one attached hydrogen (secondary N) is 1. The zero-order valence-corrected chi connectivity index (χ0v) is 13.6. The van der Waals surface area contributed by atoms with Gasteiger partial charge >= 0.3 is 6.09 Å². The first kappa shape index (κ1) is 15.6. The van der Waals surface area contributed by atoms with Crippen molar-refractivity contribution in [3.8, 4) is 0 Å². The molecule has 0 aliphatic heterocycles. The second-order valence-electron chi connectivity index (χ2n) is 6.81. The van der Waals surface area contributed by atoms with Crippen LogP contribution in [-0.2, 0) is 4.74 Å². The Morgan fingerprint density at radius 1 is 1.43 bits per heavy atom. The summed E-state index contributed by atoms with van der Waals surface area (Å²) < 4.78 is 5.44. The molecule has 0 aromatic carbocycles. The summed E-state index contributed by atoms with van der Waals surface area (Å²) in [6, 6.07) is 3.98. The predicted molar refractivity (Wildman–Crippen MR) is 83.4 cm³/mol. The van der Waals surface area contributed by atoms with Gasteiger partial charge in [-0.25, -0.2) is 4.79 Å². The van der Waals surface area contributed by atoms with Gasteiger partial charge in [0.15, 0.2) is 0 Å². The van der Waals surface area contributed by atoms with Gasteiger partial charge in [0.05, 0.1) is 17.4 Å². The second kappa shape index (κ2) is 5.54. The quantitative estimate of drug-likeness (QED) is 0.925. The fraction of sp³-hybridized carbons (Fsp3) is 0.625. The van der Waals surface area contributed by atoms with E-state index in [1.165, 1.54) is 0 Å². The number of hydrogen-bond acceptors (Lipinski definition) is 4. The van der Waals surface area contributed by atoms with Crippen molar-refractivity contribution in [2.24, 2.45) is 0 Å². The largest absolute Gasteiger partial charge is 0.444 e. The summed E-state index contributed by atoms with van der Waals surface area (Å²) >= 11 is 0. The third kappa shape index (κ3) is 4.09. The summed E-state index contributed by atoms with van der Waals surface area (Å²) in [6.45, 7) is 8.33. The number of pyridine rings is 1. The lowest BCUT2D eigenvalue weighted by Crippen LogP contribution is -2.45. The van der Waals surface area contributed by atoms with Gasteiger partial charge in [-0.3, -0.25) is 4.98 Å². The lowest BCUT2D eigenvalue weighted by Gasteiger charge is -2.31. The molecule has 116 valence electrons. The number of amides is 1. The van der Waals surface area contributed by atoms with Gasteiger partial charge in [0, 0.05) is 19.3 Å². The molecule has 0 unspecified atom stereocenters. The highest BCUT2D eigenvalue weighted by atomic mass is 16.6. The van der Waals surface area contributed by atoms with Crippen LogP contribution >= 0.6 is 0 Å². The van der Waals surface area contributed by atoms with E-state index < -0.39 is 5.60 Å². The lowest BCUT2D eigenvalue weighted by atomic mass is 10.2. The van der Waals surface area contributed by atoms with Crippen LogP contribution in [0.4, 0.5) is 10.5 Å². The van der Waals surface area contributed by atoms with Crippen LogP contribution in [0.5, 0.6) is 0 Å². The minimum Gasteiger partial charge on any atom is -0.444 e. The first-order valence-corrected chi connectivity index (χ1v) is 7.35. The average molecular weight is 291 g/mol. The maximum Gasteiger partial charge on any atom is 0.410 e. The summed E-state index contributed by atoms with van der Waals surface area (Å²) in [6.07, 6.45) is 3.55. The van der Waals surface area contributed by atoms with Crippen molar-refractivity contribution in [1.82, 2.24) is 9.88 Å². The van der Waals surface area contributed by atoms with Gasteiger partial charge in [-0.2, -0.15) is 0 Å². The number of aromatic nitrogens is 1. The van der Waals surface area contributed by atoms with Crippen molar-refractivity contribution < 1.29 is 9.53 Å². The van der Waals surface area contributed by atoms with Crippen LogP contribution in [0.2, 0.25) is 0 Å². The summed E-state index contributed by atoms with van der Waals surface area (Å²) in [5.41, 5.74) is 1.38. The van der Waals surface area contributed by atoms with Gasteiger partial charge in [0.25, 0.3) is 0 Å². The Hall–Kier alpha value is -1.78. The third-order valence-corrected chi connectivity index (χ3v) is 3.74. The number of hydrogen-bond donors (Lipinski definition) is 1. The number of ether oxygens (including phenoxy) is 1. The van der Waals surface area contributed by atoms with E-state index in [0.717, 1.165) is 24.2 Å². The highest BCUT2D eigenvalue weighted by Crippen LogP contribution is 2.41. The van der Waals surface area contributed by atoms with Crippen LogP contribution in [0, 0.1) is 6.92 Å². The third-order valence-electron chi connectivity index (χ3n) is 3.74. The van der Waals surface area contributed by atoms with E-state index in [4.69, 9.17) is 4.74 Å². The van der Waals surface area contributed by atoms with E-state index in [1.807, 2.05) is 53.1 Å². The van der Waals surface area contributed by atoms with Crippen LogP contribution < -0.4 is 5.32 Å². The van der Waals surface area contributed by atoms with Gasteiger partial charge in [-0.05, 0) is 52.7 Å². The highest BCUT2D eigenvalue weighted by Gasteiger charge is 2.49. The summed E-state index contributed by atoms with van der Waals surface area (Å²) in [5.74, 6) is 0.